The van der Waals surface area contributed by atoms with Gasteiger partial charge in [-0.05, 0) is 12.1 Å². The third-order valence-electron chi connectivity index (χ3n) is 3.96. The zero-order chi connectivity index (χ0) is 15.4. The lowest BCUT2D eigenvalue weighted by molar-refractivity contribution is -0.135. The quantitative estimate of drug-likeness (QED) is 0.852. The number of thioether (sulfide) groups is 1. The Morgan fingerprint density at radius 1 is 1.27 bits per heavy atom. The average Bonchev–Trinajstić information content (AvgIpc) is 2.80. The number of nitrogens with one attached hydrogen (secondary N) is 1. The van der Waals surface area contributed by atoms with Gasteiger partial charge < -0.3 is 15.1 Å². The number of anilines is 1. The van der Waals surface area contributed by atoms with Crippen molar-refractivity contribution >= 4 is 29.4 Å². The molecule has 7 heteroatoms. The van der Waals surface area contributed by atoms with Gasteiger partial charge in [0.05, 0.1) is 0 Å². The highest BCUT2D eigenvalue weighted by Crippen LogP contribution is 2.15. The minimum atomic E-state index is -0.374. The monoisotopic (exact) mass is 320 g/mol. The molecule has 0 saturated carbocycles. The van der Waals surface area contributed by atoms with E-state index in [1.165, 1.54) is 0 Å². The summed E-state index contributed by atoms with van der Waals surface area (Å²) in [5, 5.41) is 2.84. The Labute approximate surface area is 134 Å². The third kappa shape index (κ3) is 3.52. The minimum Gasteiger partial charge on any atom is -0.353 e. The zero-order valence-corrected chi connectivity index (χ0v) is 13.2. The fourth-order valence-corrected chi connectivity index (χ4v) is 3.68. The number of nitrogens with zero attached hydrogens (tertiary/aromatic N) is 3. The number of rotatable bonds is 2. The van der Waals surface area contributed by atoms with E-state index >= 15 is 0 Å². The first-order valence-electron chi connectivity index (χ1n) is 7.56. The molecule has 2 saturated heterocycles. The molecule has 0 aliphatic carbocycles. The average molecular weight is 320 g/mol. The standard InChI is InChI=1S/C15H20N4O2S/c20-14-4-10-22-11-12(17-14)15(21)19-8-6-18(7-9-19)13-3-1-2-5-16-13/h1-3,5,12H,4,6-11H2,(H,17,20)/t12-/m0/s1. The van der Waals surface area contributed by atoms with E-state index in [1.54, 1.807) is 18.0 Å². The molecule has 0 spiro atoms. The zero-order valence-electron chi connectivity index (χ0n) is 12.4. The molecule has 1 aromatic rings. The molecular formula is C15H20N4O2S. The maximum atomic E-state index is 12.6. The number of amides is 2. The van der Waals surface area contributed by atoms with E-state index in [0.717, 1.165) is 24.7 Å². The van der Waals surface area contributed by atoms with Crippen LogP contribution in [0.4, 0.5) is 5.82 Å². The van der Waals surface area contributed by atoms with Crippen LogP contribution in [0.25, 0.3) is 0 Å². The summed E-state index contributed by atoms with van der Waals surface area (Å²) in [6.45, 7) is 2.89. The van der Waals surface area contributed by atoms with Crippen molar-refractivity contribution in [2.75, 3.05) is 42.6 Å². The SMILES string of the molecule is O=C1CCSC[C@@H](C(=O)N2CCN(c3ccccn3)CC2)N1. The maximum Gasteiger partial charge on any atom is 0.246 e. The molecule has 22 heavy (non-hydrogen) atoms. The van der Waals surface area contributed by atoms with E-state index < -0.39 is 0 Å². The van der Waals surface area contributed by atoms with E-state index in [2.05, 4.69) is 15.2 Å². The number of carbonyl (C=O) groups is 2. The molecule has 118 valence electrons. The lowest BCUT2D eigenvalue weighted by atomic mass is 10.2. The van der Waals surface area contributed by atoms with Gasteiger partial charge in [-0.2, -0.15) is 11.8 Å². The van der Waals surface area contributed by atoms with Crippen LogP contribution in [0.1, 0.15) is 6.42 Å². The van der Waals surface area contributed by atoms with E-state index in [1.807, 2.05) is 23.1 Å². The van der Waals surface area contributed by atoms with Crippen molar-refractivity contribution in [3.63, 3.8) is 0 Å². The number of hydrogen-bond donors (Lipinski definition) is 1. The molecule has 2 aliphatic rings. The lowest BCUT2D eigenvalue weighted by Crippen LogP contribution is -2.55. The molecule has 1 N–H and O–H groups in total. The summed E-state index contributed by atoms with van der Waals surface area (Å²) in [5.41, 5.74) is 0. The first kappa shape index (κ1) is 15.1. The largest absolute Gasteiger partial charge is 0.353 e. The third-order valence-corrected chi connectivity index (χ3v) is 5.02. The molecule has 2 fully saturated rings. The Balaban J connectivity index is 1.56. The summed E-state index contributed by atoms with van der Waals surface area (Å²) in [6, 6.07) is 5.48. The van der Waals surface area contributed by atoms with Gasteiger partial charge in [0.2, 0.25) is 11.8 Å². The lowest BCUT2D eigenvalue weighted by Gasteiger charge is -2.36. The molecule has 0 bridgehead atoms. The van der Waals surface area contributed by atoms with Gasteiger partial charge in [0.1, 0.15) is 11.9 Å². The molecule has 2 amide bonds. The Hall–Kier alpha value is -1.76. The van der Waals surface area contributed by atoms with Crippen molar-refractivity contribution in [1.29, 1.82) is 0 Å². The highest BCUT2D eigenvalue weighted by atomic mass is 32.2. The smallest absolute Gasteiger partial charge is 0.246 e. The van der Waals surface area contributed by atoms with Crippen LogP contribution in [0.2, 0.25) is 0 Å². The number of hydrogen-bond acceptors (Lipinski definition) is 5. The van der Waals surface area contributed by atoms with Gasteiger partial charge in [-0.3, -0.25) is 9.59 Å². The van der Waals surface area contributed by atoms with Crippen LogP contribution < -0.4 is 10.2 Å². The highest BCUT2D eigenvalue weighted by Gasteiger charge is 2.30. The molecule has 1 aromatic heterocycles. The van der Waals surface area contributed by atoms with Crippen molar-refractivity contribution < 1.29 is 9.59 Å². The van der Waals surface area contributed by atoms with Gasteiger partial charge in [0, 0.05) is 50.3 Å². The Kier molecular flexibility index (Phi) is 4.82. The second-order valence-electron chi connectivity index (χ2n) is 5.45. The van der Waals surface area contributed by atoms with Crippen LogP contribution in [0.5, 0.6) is 0 Å². The molecule has 0 radical (unpaired) electrons. The van der Waals surface area contributed by atoms with E-state index in [0.29, 0.717) is 25.3 Å². The van der Waals surface area contributed by atoms with Crippen LogP contribution in [0, 0.1) is 0 Å². The van der Waals surface area contributed by atoms with Crippen LogP contribution in [0.15, 0.2) is 24.4 Å². The first-order chi connectivity index (χ1) is 10.7. The molecule has 0 unspecified atom stereocenters. The van der Waals surface area contributed by atoms with Crippen molar-refractivity contribution in [3.8, 4) is 0 Å². The van der Waals surface area contributed by atoms with Crippen LogP contribution in [-0.2, 0) is 9.59 Å². The summed E-state index contributed by atoms with van der Waals surface area (Å²) in [4.78, 5) is 32.6. The number of pyridine rings is 1. The van der Waals surface area contributed by atoms with Gasteiger partial charge in [-0.25, -0.2) is 4.98 Å². The molecule has 3 rings (SSSR count). The summed E-state index contributed by atoms with van der Waals surface area (Å²) in [6.07, 6.45) is 2.28. The van der Waals surface area contributed by atoms with Gasteiger partial charge in [0.25, 0.3) is 0 Å². The fraction of sp³-hybridized carbons (Fsp3) is 0.533. The van der Waals surface area contributed by atoms with E-state index in [-0.39, 0.29) is 17.9 Å². The fourth-order valence-electron chi connectivity index (χ4n) is 2.72. The highest BCUT2D eigenvalue weighted by molar-refractivity contribution is 7.99. The van der Waals surface area contributed by atoms with E-state index in [4.69, 9.17) is 0 Å². The number of aromatic nitrogens is 1. The molecular weight excluding hydrogens is 300 g/mol. The topological polar surface area (TPSA) is 65.5 Å². The summed E-state index contributed by atoms with van der Waals surface area (Å²) in [7, 11) is 0. The van der Waals surface area contributed by atoms with E-state index in [9.17, 15) is 9.59 Å². The summed E-state index contributed by atoms with van der Waals surface area (Å²) < 4.78 is 0. The number of carbonyl (C=O) groups excluding carboxylic acids is 2. The summed E-state index contributed by atoms with van der Waals surface area (Å²) >= 11 is 1.67. The molecule has 0 aromatic carbocycles. The molecule has 3 heterocycles. The van der Waals surface area contributed by atoms with Crippen molar-refractivity contribution in [1.82, 2.24) is 15.2 Å². The Morgan fingerprint density at radius 3 is 2.82 bits per heavy atom. The first-order valence-corrected chi connectivity index (χ1v) is 8.71. The molecule has 1 atom stereocenters. The Bertz CT molecular complexity index is 532. The molecule has 6 nitrogen and oxygen atoms in total. The van der Waals surface area contributed by atoms with Gasteiger partial charge in [-0.15, -0.1) is 0 Å². The van der Waals surface area contributed by atoms with Crippen molar-refractivity contribution in [2.24, 2.45) is 0 Å². The van der Waals surface area contributed by atoms with Crippen molar-refractivity contribution in [3.05, 3.63) is 24.4 Å². The maximum absolute atomic E-state index is 12.6. The second kappa shape index (κ2) is 7.00. The molecule has 2 aliphatic heterocycles. The number of piperazine rings is 1. The van der Waals surface area contributed by atoms with Gasteiger partial charge >= 0.3 is 0 Å². The predicted molar refractivity (Wildman–Crippen MR) is 86.9 cm³/mol. The van der Waals surface area contributed by atoms with Crippen LogP contribution >= 0.6 is 11.8 Å². The van der Waals surface area contributed by atoms with Crippen LogP contribution in [-0.4, -0.2) is 65.4 Å². The second-order valence-corrected chi connectivity index (χ2v) is 6.60. The Morgan fingerprint density at radius 2 is 2.09 bits per heavy atom. The van der Waals surface area contributed by atoms with Crippen LogP contribution in [0.3, 0.4) is 0 Å². The minimum absolute atomic E-state index is 0.0181. The van der Waals surface area contributed by atoms with Gasteiger partial charge in [0.15, 0.2) is 0 Å². The van der Waals surface area contributed by atoms with Crippen molar-refractivity contribution in [2.45, 2.75) is 12.5 Å². The normalized spacial score (nSPS) is 22.9. The van der Waals surface area contributed by atoms with Gasteiger partial charge in [-0.1, -0.05) is 6.07 Å². The summed E-state index contributed by atoms with van der Waals surface area (Å²) in [5.74, 6) is 2.44. The predicted octanol–water partition coefficient (Wildman–Crippen LogP) is 0.352.